The Morgan fingerprint density at radius 3 is 2.75 bits per heavy atom. The first-order valence-electron chi connectivity index (χ1n) is 6.09. The Balaban J connectivity index is 2.23. The molecule has 5 heteroatoms. The summed E-state index contributed by atoms with van der Waals surface area (Å²) in [6.07, 6.45) is 3.51. The van der Waals surface area contributed by atoms with Crippen molar-refractivity contribution in [2.24, 2.45) is 0 Å². The molecule has 3 aromatic rings. The number of aromatic nitrogens is 2. The highest BCUT2D eigenvalue weighted by molar-refractivity contribution is 6.33. The van der Waals surface area contributed by atoms with E-state index in [1.807, 2.05) is 37.3 Å². The lowest BCUT2D eigenvalue weighted by atomic mass is 10.0. The molecular weight excluding hydrogens is 274 g/mol. The average Bonchev–Trinajstić information content (AvgIpc) is 2.81. The molecule has 2 heterocycles. The zero-order valence-corrected chi connectivity index (χ0v) is 11.6. The van der Waals surface area contributed by atoms with E-state index in [0.717, 1.165) is 16.7 Å². The highest BCUT2D eigenvalue weighted by Gasteiger charge is 2.19. The van der Waals surface area contributed by atoms with E-state index in [0.29, 0.717) is 16.3 Å². The molecule has 0 atom stereocenters. The minimum absolute atomic E-state index is 0.245. The van der Waals surface area contributed by atoms with Gasteiger partial charge >= 0.3 is 0 Å². The number of rotatable bonds is 2. The quantitative estimate of drug-likeness (QED) is 0.774. The van der Waals surface area contributed by atoms with Gasteiger partial charge in [-0.3, -0.25) is 4.98 Å². The molecule has 0 unspecified atom stereocenters. The number of pyridine rings is 1. The molecule has 0 amide bonds. The molecule has 0 saturated heterocycles. The van der Waals surface area contributed by atoms with Gasteiger partial charge in [0, 0.05) is 28.5 Å². The van der Waals surface area contributed by atoms with Crippen LogP contribution in [0.5, 0.6) is 0 Å². The highest BCUT2D eigenvalue weighted by atomic mass is 35.5. The molecule has 3 rings (SSSR count). The van der Waals surface area contributed by atoms with Gasteiger partial charge in [-0.2, -0.15) is 0 Å². The van der Waals surface area contributed by atoms with Gasteiger partial charge in [-0.1, -0.05) is 35.0 Å². The predicted molar refractivity (Wildman–Crippen MR) is 79.3 cm³/mol. The first kappa shape index (κ1) is 12.7. The molecule has 100 valence electrons. The van der Waals surface area contributed by atoms with E-state index in [9.17, 15) is 0 Å². The minimum atomic E-state index is 0.245. The molecule has 1 aromatic carbocycles. The van der Waals surface area contributed by atoms with E-state index in [-0.39, 0.29) is 5.88 Å². The van der Waals surface area contributed by atoms with Crippen LogP contribution >= 0.6 is 11.6 Å². The Labute approximate surface area is 121 Å². The molecule has 0 fully saturated rings. The van der Waals surface area contributed by atoms with E-state index in [2.05, 4.69) is 10.1 Å². The number of nitrogens with zero attached hydrogens (tertiary/aromatic N) is 2. The Morgan fingerprint density at radius 2 is 2.00 bits per heavy atom. The first-order valence-corrected chi connectivity index (χ1v) is 6.46. The van der Waals surface area contributed by atoms with E-state index >= 15 is 0 Å². The Kier molecular flexibility index (Phi) is 3.16. The van der Waals surface area contributed by atoms with Crippen LogP contribution in [0, 0.1) is 6.92 Å². The van der Waals surface area contributed by atoms with Gasteiger partial charge in [0.2, 0.25) is 5.88 Å². The molecule has 20 heavy (non-hydrogen) atoms. The van der Waals surface area contributed by atoms with Crippen molar-refractivity contribution < 1.29 is 4.52 Å². The molecule has 2 aromatic heterocycles. The van der Waals surface area contributed by atoms with Crippen LogP contribution in [-0.2, 0) is 0 Å². The van der Waals surface area contributed by atoms with Crippen LogP contribution in [0.3, 0.4) is 0 Å². The van der Waals surface area contributed by atoms with Gasteiger partial charge in [0.1, 0.15) is 5.69 Å². The van der Waals surface area contributed by atoms with E-state index in [1.54, 1.807) is 12.4 Å². The summed E-state index contributed by atoms with van der Waals surface area (Å²) in [5.41, 5.74) is 9.93. The lowest BCUT2D eigenvalue weighted by Gasteiger charge is -2.05. The van der Waals surface area contributed by atoms with E-state index in [1.165, 1.54) is 0 Å². The molecule has 0 aliphatic rings. The van der Waals surface area contributed by atoms with Crippen LogP contribution in [0.4, 0.5) is 5.88 Å². The number of aryl methyl sites for hydroxylation is 1. The number of nitrogen functional groups attached to an aromatic ring is 1. The van der Waals surface area contributed by atoms with Crippen LogP contribution < -0.4 is 5.73 Å². The molecule has 2 N–H and O–H groups in total. The van der Waals surface area contributed by atoms with Crippen molar-refractivity contribution in [3.05, 3.63) is 53.3 Å². The zero-order valence-electron chi connectivity index (χ0n) is 10.8. The SMILES string of the molecule is Cc1cncc(-c2noc(N)c2-c2ccccc2Cl)c1. The third-order valence-electron chi connectivity index (χ3n) is 3.01. The average molecular weight is 286 g/mol. The van der Waals surface area contributed by atoms with Gasteiger partial charge in [-0.25, -0.2) is 0 Å². The smallest absolute Gasteiger partial charge is 0.230 e. The summed E-state index contributed by atoms with van der Waals surface area (Å²) in [7, 11) is 0. The molecule has 4 nitrogen and oxygen atoms in total. The fourth-order valence-electron chi connectivity index (χ4n) is 2.11. The lowest BCUT2D eigenvalue weighted by Crippen LogP contribution is -1.89. The van der Waals surface area contributed by atoms with Gasteiger partial charge in [0.25, 0.3) is 0 Å². The third-order valence-corrected chi connectivity index (χ3v) is 3.34. The third kappa shape index (κ3) is 2.14. The fraction of sp³-hybridized carbons (Fsp3) is 0.0667. The monoisotopic (exact) mass is 285 g/mol. The van der Waals surface area contributed by atoms with Gasteiger partial charge in [0.05, 0.1) is 5.56 Å². The Hall–Kier alpha value is -2.33. The summed E-state index contributed by atoms with van der Waals surface area (Å²) in [6, 6.07) is 9.43. The lowest BCUT2D eigenvalue weighted by molar-refractivity contribution is 0.439. The maximum atomic E-state index is 6.24. The van der Waals surface area contributed by atoms with Crippen LogP contribution in [0.25, 0.3) is 22.4 Å². The normalized spacial score (nSPS) is 10.7. The van der Waals surface area contributed by atoms with E-state index in [4.69, 9.17) is 21.9 Å². The summed E-state index contributed by atoms with van der Waals surface area (Å²) >= 11 is 6.24. The van der Waals surface area contributed by atoms with Crippen molar-refractivity contribution in [2.75, 3.05) is 5.73 Å². The van der Waals surface area contributed by atoms with Crippen molar-refractivity contribution >= 4 is 17.5 Å². The van der Waals surface area contributed by atoms with Crippen molar-refractivity contribution in [2.45, 2.75) is 6.92 Å². The van der Waals surface area contributed by atoms with Gasteiger partial charge < -0.3 is 10.3 Å². The number of benzene rings is 1. The van der Waals surface area contributed by atoms with Gasteiger partial charge in [-0.15, -0.1) is 0 Å². The minimum Gasteiger partial charge on any atom is -0.367 e. The summed E-state index contributed by atoms with van der Waals surface area (Å²) in [5.74, 6) is 0.245. The number of halogens is 1. The van der Waals surface area contributed by atoms with Gasteiger partial charge in [0.15, 0.2) is 0 Å². The number of hydrogen-bond acceptors (Lipinski definition) is 4. The van der Waals surface area contributed by atoms with Crippen LogP contribution in [0.1, 0.15) is 5.56 Å². The summed E-state index contributed by atoms with van der Waals surface area (Å²) in [5, 5.41) is 4.65. The highest BCUT2D eigenvalue weighted by Crippen LogP contribution is 2.39. The first-order chi connectivity index (χ1) is 9.66. The molecule has 0 aliphatic carbocycles. The second-order valence-electron chi connectivity index (χ2n) is 4.50. The molecule has 0 aliphatic heterocycles. The maximum absolute atomic E-state index is 6.24. The number of hydrogen-bond donors (Lipinski definition) is 1. The fourth-order valence-corrected chi connectivity index (χ4v) is 2.34. The zero-order chi connectivity index (χ0) is 14.1. The number of nitrogens with two attached hydrogens (primary N) is 1. The topological polar surface area (TPSA) is 64.9 Å². The van der Waals surface area contributed by atoms with E-state index < -0.39 is 0 Å². The van der Waals surface area contributed by atoms with Crippen LogP contribution in [-0.4, -0.2) is 10.1 Å². The Morgan fingerprint density at radius 1 is 1.20 bits per heavy atom. The summed E-state index contributed by atoms with van der Waals surface area (Å²) in [6.45, 7) is 1.97. The van der Waals surface area contributed by atoms with Gasteiger partial charge in [-0.05, 0) is 24.6 Å². The number of anilines is 1. The molecule has 0 bridgehead atoms. The Bertz CT molecular complexity index is 767. The van der Waals surface area contributed by atoms with Crippen LogP contribution in [0.15, 0.2) is 47.2 Å². The van der Waals surface area contributed by atoms with Crippen molar-refractivity contribution in [1.29, 1.82) is 0 Å². The standard InChI is InChI=1S/C15H12ClN3O/c1-9-6-10(8-18-7-9)14-13(15(17)20-19-14)11-4-2-3-5-12(11)16/h2-8H,17H2,1H3. The van der Waals surface area contributed by atoms with Crippen molar-refractivity contribution in [3.63, 3.8) is 0 Å². The second-order valence-corrected chi connectivity index (χ2v) is 4.91. The molecular formula is C15H12ClN3O. The maximum Gasteiger partial charge on any atom is 0.230 e. The predicted octanol–water partition coefficient (Wildman–Crippen LogP) is 3.95. The largest absolute Gasteiger partial charge is 0.367 e. The van der Waals surface area contributed by atoms with Crippen molar-refractivity contribution in [1.82, 2.24) is 10.1 Å². The molecule has 0 radical (unpaired) electrons. The van der Waals surface area contributed by atoms with Crippen molar-refractivity contribution in [3.8, 4) is 22.4 Å². The summed E-state index contributed by atoms with van der Waals surface area (Å²) in [4.78, 5) is 4.17. The molecule has 0 spiro atoms. The summed E-state index contributed by atoms with van der Waals surface area (Å²) < 4.78 is 5.14. The second kappa shape index (κ2) is 4.98. The molecule has 0 saturated carbocycles. The van der Waals surface area contributed by atoms with Crippen LogP contribution in [0.2, 0.25) is 5.02 Å².